The molecule has 0 bridgehead atoms. The number of nitrogens with zero attached hydrogens (tertiary/aromatic N) is 2. The van der Waals surface area contributed by atoms with Gasteiger partial charge in [0, 0.05) is 12.6 Å². The molecule has 1 aliphatic rings. The van der Waals surface area contributed by atoms with Crippen molar-refractivity contribution in [2.24, 2.45) is 0 Å². The second-order valence-corrected chi connectivity index (χ2v) is 4.75. The minimum absolute atomic E-state index is 0.682. The van der Waals surface area contributed by atoms with E-state index >= 15 is 0 Å². The lowest BCUT2D eigenvalue weighted by atomic mass is 10.1. The highest BCUT2D eigenvalue weighted by atomic mass is 15.2. The van der Waals surface area contributed by atoms with Gasteiger partial charge in [0.1, 0.15) is 0 Å². The molecular weight excluding hydrogens is 198 g/mol. The van der Waals surface area contributed by atoms with Gasteiger partial charge in [0.25, 0.3) is 0 Å². The van der Waals surface area contributed by atoms with Crippen LogP contribution in [0.5, 0.6) is 0 Å². The van der Waals surface area contributed by atoms with E-state index < -0.39 is 0 Å². The van der Waals surface area contributed by atoms with E-state index in [4.69, 9.17) is 5.73 Å². The molecule has 0 spiro atoms. The zero-order chi connectivity index (χ0) is 11.4. The Morgan fingerprint density at radius 3 is 3.00 bits per heavy atom. The average Bonchev–Trinajstić information content (AvgIpc) is 2.48. The normalized spacial score (nSPS) is 22.9. The van der Waals surface area contributed by atoms with E-state index in [2.05, 4.69) is 16.8 Å². The Morgan fingerprint density at radius 2 is 2.25 bits per heavy atom. The summed E-state index contributed by atoms with van der Waals surface area (Å²) < 4.78 is 0. The zero-order valence-corrected chi connectivity index (χ0v) is 10.0. The summed E-state index contributed by atoms with van der Waals surface area (Å²) >= 11 is 0. The second kappa shape index (κ2) is 5.30. The predicted molar refractivity (Wildman–Crippen MR) is 67.0 cm³/mol. The zero-order valence-electron chi connectivity index (χ0n) is 10.0. The maximum absolute atomic E-state index is 5.64. The third-order valence-corrected chi connectivity index (χ3v) is 3.40. The topological polar surface area (TPSA) is 42.1 Å². The molecule has 0 aliphatic carbocycles. The fraction of sp³-hybridized carbons (Fsp3) is 0.615. The molecule has 0 radical (unpaired) electrons. The van der Waals surface area contributed by atoms with E-state index in [1.165, 1.54) is 32.2 Å². The van der Waals surface area contributed by atoms with Crippen LogP contribution < -0.4 is 5.73 Å². The van der Waals surface area contributed by atoms with Gasteiger partial charge >= 0.3 is 0 Å². The molecular formula is C13H21N3. The summed E-state index contributed by atoms with van der Waals surface area (Å²) in [6.07, 6.45) is 7.12. The fourth-order valence-corrected chi connectivity index (χ4v) is 2.31. The van der Waals surface area contributed by atoms with Gasteiger partial charge in [-0.05, 0) is 38.4 Å². The van der Waals surface area contributed by atoms with Gasteiger partial charge in [-0.2, -0.15) is 0 Å². The largest absolute Gasteiger partial charge is 0.397 e. The summed E-state index contributed by atoms with van der Waals surface area (Å²) in [6.45, 7) is 4.48. The lowest BCUT2D eigenvalue weighted by molar-refractivity contribution is 0.202. The number of hydrogen-bond acceptors (Lipinski definition) is 3. The van der Waals surface area contributed by atoms with Gasteiger partial charge in [0.2, 0.25) is 0 Å². The molecule has 1 aromatic rings. The monoisotopic (exact) mass is 219 g/mol. The first kappa shape index (κ1) is 11.4. The Morgan fingerprint density at radius 1 is 1.38 bits per heavy atom. The van der Waals surface area contributed by atoms with Crippen LogP contribution in [-0.4, -0.2) is 22.5 Å². The Balaban J connectivity index is 1.99. The number of nitrogen functional groups attached to an aromatic ring is 1. The fourth-order valence-electron chi connectivity index (χ4n) is 2.31. The number of likely N-dealkylation sites (tertiary alicyclic amines) is 1. The van der Waals surface area contributed by atoms with Gasteiger partial charge in [-0.1, -0.05) is 12.8 Å². The Kier molecular flexibility index (Phi) is 3.78. The Hall–Kier alpha value is -1.09. The smallest absolute Gasteiger partial charge is 0.0545 e. The number of anilines is 1. The minimum atomic E-state index is 0.682. The first-order valence-electron chi connectivity index (χ1n) is 6.20. The number of pyridine rings is 1. The van der Waals surface area contributed by atoms with Gasteiger partial charge in [-0.3, -0.25) is 9.88 Å². The maximum atomic E-state index is 5.64. The molecule has 2 N–H and O–H groups in total. The van der Waals surface area contributed by atoms with Crippen LogP contribution in [0, 0.1) is 0 Å². The van der Waals surface area contributed by atoms with Gasteiger partial charge in [-0.25, -0.2) is 0 Å². The van der Waals surface area contributed by atoms with Crippen LogP contribution in [-0.2, 0) is 6.54 Å². The minimum Gasteiger partial charge on any atom is -0.397 e. The standard InChI is InChI=1S/C13H21N3/c1-11-5-3-2-4-8-16(11)10-13-7-6-12(14)9-15-13/h6-7,9,11H,2-5,8,10,14H2,1H3. The molecule has 1 aromatic heterocycles. The van der Waals surface area contributed by atoms with Crippen LogP contribution in [0.2, 0.25) is 0 Å². The second-order valence-electron chi connectivity index (χ2n) is 4.75. The van der Waals surface area contributed by atoms with Crippen molar-refractivity contribution in [2.45, 2.75) is 45.2 Å². The Bertz CT molecular complexity index is 320. The molecule has 1 unspecified atom stereocenters. The summed E-state index contributed by atoms with van der Waals surface area (Å²) in [4.78, 5) is 6.90. The van der Waals surface area contributed by atoms with Crippen molar-refractivity contribution in [1.82, 2.24) is 9.88 Å². The number of nitrogens with two attached hydrogens (primary N) is 1. The van der Waals surface area contributed by atoms with Gasteiger partial charge in [-0.15, -0.1) is 0 Å². The van der Waals surface area contributed by atoms with E-state index in [0.29, 0.717) is 6.04 Å². The van der Waals surface area contributed by atoms with E-state index in [1.807, 2.05) is 12.1 Å². The molecule has 0 saturated carbocycles. The van der Waals surface area contributed by atoms with Gasteiger partial charge < -0.3 is 5.73 Å². The molecule has 2 heterocycles. The number of aromatic nitrogens is 1. The molecule has 88 valence electrons. The molecule has 1 atom stereocenters. The van der Waals surface area contributed by atoms with Crippen LogP contribution in [0.25, 0.3) is 0 Å². The summed E-state index contributed by atoms with van der Waals surface area (Å²) in [5.41, 5.74) is 7.51. The lowest BCUT2D eigenvalue weighted by Crippen LogP contribution is -2.32. The summed E-state index contributed by atoms with van der Waals surface area (Å²) in [5, 5.41) is 0. The number of rotatable bonds is 2. The summed E-state index contributed by atoms with van der Waals surface area (Å²) in [7, 11) is 0. The van der Waals surface area contributed by atoms with E-state index in [0.717, 1.165) is 17.9 Å². The van der Waals surface area contributed by atoms with Crippen LogP contribution in [0.15, 0.2) is 18.3 Å². The van der Waals surface area contributed by atoms with Crippen molar-refractivity contribution >= 4 is 5.69 Å². The Labute approximate surface area is 97.7 Å². The molecule has 2 rings (SSSR count). The van der Waals surface area contributed by atoms with Crippen molar-refractivity contribution in [3.05, 3.63) is 24.0 Å². The highest BCUT2D eigenvalue weighted by molar-refractivity contribution is 5.34. The van der Waals surface area contributed by atoms with Crippen molar-refractivity contribution in [2.75, 3.05) is 12.3 Å². The first-order chi connectivity index (χ1) is 7.75. The van der Waals surface area contributed by atoms with Crippen LogP contribution in [0.3, 0.4) is 0 Å². The van der Waals surface area contributed by atoms with Gasteiger partial charge in [0.05, 0.1) is 17.6 Å². The summed E-state index contributed by atoms with van der Waals surface area (Å²) in [5.74, 6) is 0. The van der Waals surface area contributed by atoms with Gasteiger partial charge in [0.15, 0.2) is 0 Å². The van der Waals surface area contributed by atoms with Crippen LogP contribution in [0.1, 0.15) is 38.3 Å². The van der Waals surface area contributed by atoms with Crippen molar-refractivity contribution < 1.29 is 0 Å². The molecule has 3 nitrogen and oxygen atoms in total. The molecule has 1 saturated heterocycles. The molecule has 1 fully saturated rings. The highest BCUT2D eigenvalue weighted by Crippen LogP contribution is 2.18. The molecule has 0 aromatic carbocycles. The van der Waals surface area contributed by atoms with Crippen molar-refractivity contribution in [3.8, 4) is 0 Å². The average molecular weight is 219 g/mol. The third-order valence-electron chi connectivity index (χ3n) is 3.40. The van der Waals surface area contributed by atoms with Crippen molar-refractivity contribution in [1.29, 1.82) is 0 Å². The number of hydrogen-bond donors (Lipinski definition) is 1. The molecule has 1 aliphatic heterocycles. The maximum Gasteiger partial charge on any atom is 0.0545 e. The molecule has 0 amide bonds. The quantitative estimate of drug-likeness (QED) is 0.830. The van der Waals surface area contributed by atoms with Crippen LogP contribution in [0.4, 0.5) is 5.69 Å². The lowest BCUT2D eigenvalue weighted by Gasteiger charge is -2.26. The molecule has 16 heavy (non-hydrogen) atoms. The summed E-state index contributed by atoms with van der Waals surface area (Å²) in [6, 6.07) is 4.65. The first-order valence-corrected chi connectivity index (χ1v) is 6.20. The SMILES string of the molecule is CC1CCCCCN1Cc1ccc(N)cn1. The van der Waals surface area contributed by atoms with E-state index in [-0.39, 0.29) is 0 Å². The van der Waals surface area contributed by atoms with Crippen LogP contribution >= 0.6 is 0 Å². The van der Waals surface area contributed by atoms with E-state index in [9.17, 15) is 0 Å². The molecule has 3 heteroatoms. The third kappa shape index (κ3) is 2.95. The van der Waals surface area contributed by atoms with Crippen molar-refractivity contribution in [3.63, 3.8) is 0 Å². The highest BCUT2D eigenvalue weighted by Gasteiger charge is 2.16. The van der Waals surface area contributed by atoms with E-state index in [1.54, 1.807) is 6.20 Å². The predicted octanol–water partition coefficient (Wildman–Crippen LogP) is 2.43.